The maximum Gasteiger partial charge on any atom is 0.201 e. The molecule has 2 aromatic rings. The highest BCUT2D eigenvalue weighted by Gasteiger charge is 2.19. The normalized spacial score (nSPS) is 16.0. The Morgan fingerprint density at radius 2 is 1.81 bits per heavy atom. The average Bonchev–Trinajstić information content (AvgIpc) is 2.76. The first kappa shape index (κ1) is 23.2. The molecular weight excluding hydrogens is 390 g/mol. The fourth-order valence-electron chi connectivity index (χ4n) is 4.08. The summed E-state index contributed by atoms with van der Waals surface area (Å²) in [5.41, 5.74) is 5.01. The molecule has 0 bridgehead atoms. The number of rotatable bonds is 9. The summed E-state index contributed by atoms with van der Waals surface area (Å²) in [6, 6.07) is 10.8. The van der Waals surface area contributed by atoms with Gasteiger partial charge < -0.3 is 4.74 Å². The minimum atomic E-state index is -0.899. The van der Waals surface area contributed by atoms with Crippen molar-refractivity contribution in [2.75, 3.05) is 6.61 Å². The van der Waals surface area contributed by atoms with E-state index in [9.17, 15) is 8.78 Å². The summed E-state index contributed by atoms with van der Waals surface area (Å²) in [6.45, 7) is 6.79. The van der Waals surface area contributed by atoms with Crippen LogP contribution >= 0.6 is 0 Å². The third-order valence-electron chi connectivity index (χ3n) is 5.96. The number of benzene rings is 2. The van der Waals surface area contributed by atoms with Crippen LogP contribution in [0.25, 0.3) is 11.1 Å². The van der Waals surface area contributed by atoms with Gasteiger partial charge in [-0.25, -0.2) is 4.39 Å². The van der Waals surface area contributed by atoms with Gasteiger partial charge in [-0.2, -0.15) is 4.39 Å². The van der Waals surface area contributed by atoms with E-state index in [1.54, 1.807) is 12.1 Å². The van der Waals surface area contributed by atoms with Crippen molar-refractivity contribution in [2.24, 2.45) is 5.92 Å². The quantitative estimate of drug-likeness (QED) is 0.367. The molecule has 0 amide bonds. The molecule has 0 heterocycles. The molecule has 0 fully saturated rings. The molecule has 0 aromatic heterocycles. The van der Waals surface area contributed by atoms with Crippen molar-refractivity contribution in [2.45, 2.75) is 65.7 Å². The molecule has 1 aliphatic rings. The van der Waals surface area contributed by atoms with Gasteiger partial charge in [0.2, 0.25) is 5.82 Å². The van der Waals surface area contributed by atoms with Crippen molar-refractivity contribution in [3.05, 3.63) is 76.9 Å². The second-order valence-corrected chi connectivity index (χ2v) is 8.82. The van der Waals surface area contributed by atoms with E-state index in [4.69, 9.17) is 4.74 Å². The van der Waals surface area contributed by atoms with Crippen LogP contribution in [0.1, 0.15) is 64.9 Å². The van der Waals surface area contributed by atoms with E-state index in [1.807, 2.05) is 24.3 Å². The highest BCUT2D eigenvalue weighted by molar-refractivity contribution is 5.65. The van der Waals surface area contributed by atoms with Crippen LogP contribution in [0.2, 0.25) is 0 Å². The minimum Gasteiger partial charge on any atom is -0.490 e. The number of halogens is 2. The lowest BCUT2D eigenvalue weighted by Gasteiger charge is -2.22. The second kappa shape index (κ2) is 11.3. The van der Waals surface area contributed by atoms with Crippen LogP contribution in [0.3, 0.4) is 0 Å². The SMILES string of the molecule is CCCc1ccc(-c2ccc(OCC3CC=C(CCC=C(C)C)CC3)c(F)c2F)cc1. The molecule has 1 nitrogen and oxygen atoms in total. The minimum absolute atomic E-state index is 0.00203. The van der Waals surface area contributed by atoms with E-state index in [-0.39, 0.29) is 11.3 Å². The van der Waals surface area contributed by atoms with E-state index in [0.29, 0.717) is 18.1 Å². The van der Waals surface area contributed by atoms with E-state index < -0.39 is 11.6 Å². The Labute approximate surface area is 185 Å². The Morgan fingerprint density at radius 1 is 1.03 bits per heavy atom. The van der Waals surface area contributed by atoms with E-state index in [1.165, 1.54) is 16.7 Å². The lowest BCUT2D eigenvalue weighted by Crippen LogP contribution is -2.15. The van der Waals surface area contributed by atoms with Crippen LogP contribution < -0.4 is 4.74 Å². The summed E-state index contributed by atoms with van der Waals surface area (Å²) in [7, 11) is 0. The monoisotopic (exact) mass is 424 g/mol. The number of aryl methyl sites for hydroxylation is 1. The smallest absolute Gasteiger partial charge is 0.201 e. The molecule has 0 saturated heterocycles. The van der Waals surface area contributed by atoms with Gasteiger partial charge in [0, 0.05) is 5.56 Å². The molecule has 0 aliphatic heterocycles. The second-order valence-electron chi connectivity index (χ2n) is 8.82. The van der Waals surface area contributed by atoms with Crippen molar-refractivity contribution in [1.82, 2.24) is 0 Å². The maximum absolute atomic E-state index is 14.7. The van der Waals surface area contributed by atoms with E-state index in [2.05, 4.69) is 32.9 Å². The molecule has 0 spiro atoms. The zero-order chi connectivity index (χ0) is 22.2. The first-order chi connectivity index (χ1) is 15.0. The Bertz CT molecular complexity index is 921. The number of hydrogen-bond donors (Lipinski definition) is 0. The maximum atomic E-state index is 14.7. The zero-order valence-electron chi connectivity index (χ0n) is 19.0. The van der Waals surface area contributed by atoms with Gasteiger partial charge in [0.15, 0.2) is 11.6 Å². The molecule has 3 heteroatoms. The van der Waals surface area contributed by atoms with Gasteiger partial charge in [0.05, 0.1) is 6.61 Å². The fourth-order valence-corrected chi connectivity index (χ4v) is 4.08. The molecule has 0 saturated carbocycles. The molecule has 0 N–H and O–H groups in total. The Hall–Kier alpha value is -2.42. The zero-order valence-corrected chi connectivity index (χ0v) is 19.0. The van der Waals surface area contributed by atoms with Gasteiger partial charge in [-0.3, -0.25) is 0 Å². The highest BCUT2D eigenvalue weighted by atomic mass is 19.2. The van der Waals surface area contributed by atoms with Crippen molar-refractivity contribution in [3.63, 3.8) is 0 Å². The number of allylic oxidation sites excluding steroid dienone is 4. The summed E-state index contributed by atoms with van der Waals surface area (Å²) in [4.78, 5) is 0. The van der Waals surface area contributed by atoms with Crippen molar-refractivity contribution >= 4 is 0 Å². The lowest BCUT2D eigenvalue weighted by molar-refractivity contribution is 0.225. The lowest BCUT2D eigenvalue weighted by atomic mass is 9.88. The van der Waals surface area contributed by atoms with Crippen LogP contribution in [0.15, 0.2) is 59.7 Å². The molecular formula is C28H34F2O. The summed E-state index contributed by atoms with van der Waals surface area (Å²) < 4.78 is 35.1. The predicted octanol–water partition coefficient (Wildman–Crippen LogP) is 8.44. The average molecular weight is 425 g/mol. The van der Waals surface area contributed by atoms with E-state index >= 15 is 0 Å². The Morgan fingerprint density at radius 3 is 2.45 bits per heavy atom. The largest absolute Gasteiger partial charge is 0.490 e. The van der Waals surface area contributed by atoms with Crippen LogP contribution in [0.5, 0.6) is 5.75 Å². The van der Waals surface area contributed by atoms with Crippen LogP contribution in [0.4, 0.5) is 8.78 Å². The first-order valence-corrected chi connectivity index (χ1v) is 11.5. The first-order valence-electron chi connectivity index (χ1n) is 11.5. The molecule has 1 atom stereocenters. The van der Waals surface area contributed by atoms with Crippen molar-refractivity contribution < 1.29 is 13.5 Å². The molecule has 3 rings (SSSR count). The van der Waals surface area contributed by atoms with Crippen LogP contribution in [-0.2, 0) is 6.42 Å². The summed E-state index contributed by atoms with van der Waals surface area (Å²) in [5, 5.41) is 0. The standard InChI is InChI=1S/C28H34F2O/c1-4-6-21-13-15-24(16-14-21)25-17-18-26(28(30)27(25)29)31-19-23-11-9-22(10-12-23)8-5-7-20(2)3/h7,9,13-18,23H,4-6,8,10-12,19H2,1-3H3. The molecule has 1 unspecified atom stereocenters. The van der Waals surface area contributed by atoms with Gasteiger partial charge in [-0.05, 0) is 81.5 Å². The third kappa shape index (κ3) is 6.53. The number of hydrogen-bond acceptors (Lipinski definition) is 1. The number of ether oxygens (including phenoxy) is 1. The van der Waals surface area contributed by atoms with Gasteiger partial charge >= 0.3 is 0 Å². The van der Waals surface area contributed by atoms with Gasteiger partial charge in [0.25, 0.3) is 0 Å². The van der Waals surface area contributed by atoms with Crippen molar-refractivity contribution in [1.29, 1.82) is 0 Å². The summed E-state index contributed by atoms with van der Waals surface area (Å²) in [5.74, 6) is -1.39. The Kier molecular flexibility index (Phi) is 8.45. The molecule has 0 radical (unpaired) electrons. The molecule has 166 valence electrons. The molecule has 2 aromatic carbocycles. The third-order valence-corrected chi connectivity index (χ3v) is 5.96. The summed E-state index contributed by atoms with van der Waals surface area (Å²) in [6.07, 6.45) is 11.9. The van der Waals surface area contributed by atoms with Crippen LogP contribution in [-0.4, -0.2) is 6.61 Å². The van der Waals surface area contributed by atoms with Gasteiger partial charge in [-0.15, -0.1) is 0 Å². The topological polar surface area (TPSA) is 9.23 Å². The van der Waals surface area contributed by atoms with Gasteiger partial charge in [-0.1, -0.05) is 60.9 Å². The van der Waals surface area contributed by atoms with Gasteiger partial charge in [0.1, 0.15) is 0 Å². The van der Waals surface area contributed by atoms with Crippen molar-refractivity contribution in [3.8, 4) is 16.9 Å². The van der Waals surface area contributed by atoms with E-state index in [0.717, 1.165) is 44.9 Å². The summed E-state index contributed by atoms with van der Waals surface area (Å²) >= 11 is 0. The Balaban J connectivity index is 1.58. The molecule has 1 aliphatic carbocycles. The van der Waals surface area contributed by atoms with Crippen LogP contribution in [0, 0.1) is 17.6 Å². The predicted molar refractivity (Wildman–Crippen MR) is 125 cm³/mol. The molecule has 31 heavy (non-hydrogen) atoms. The fraction of sp³-hybridized carbons (Fsp3) is 0.429. The highest BCUT2D eigenvalue weighted by Crippen LogP contribution is 2.32.